The molecular weight excluding hydrogens is 310 g/mol. The summed E-state index contributed by atoms with van der Waals surface area (Å²) in [6.45, 7) is 6.22. The zero-order valence-electron chi connectivity index (χ0n) is 13.6. The van der Waals surface area contributed by atoms with Crippen molar-refractivity contribution >= 4 is 28.9 Å². The van der Waals surface area contributed by atoms with Crippen LogP contribution in [0.2, 0.25) is 5.02 Å². The number of nitrogens with zero attached hydrogens (tertiary/aromatic N) is 2. The lowest BCUT2D eigenvalue weighted by molar-refractivity contribution is 0.102. The van der Waals surface area contributed by atoms with Crippen molar-refractivity contribution in [1.29, 1.82) is 0 Å². The van der Waals surface area contributed by atoms with Gasteiger partial charge in [0.15, 0.2) is 0 Å². The van der Waals surface area contributed by atoms with Gasteiger partial charge in [0.1, 0.15) is 5.69 Å². The number of halogens is 1. The van der Waals surface area contributed by atoms with Crippen molar-refractivity contribution in [2.24, 2.45) is 0 Å². The predicted octanol–water partition coefficient (Wildman–Crippen LogP) is 4.61. The molecule has 0 spiro atoms. The van der Waals surface area contributed by atoms with Gasteiger partial charge in [-0.2, -0.15) is 0 Å². The summed E-state index contributed by atoms with van der Waals surface area (Å²) in [6.07, 6.45) is 3.79. The number of para-hydroxylation sites is 1. The summed E-state index contributed by atoms with van der Waals surface area (Å²) in [6, 6.07) is 10.9. The molecule has 0 atom stereocenters. The van der Waals surface area contributed by atoms with E-state index in [0.29, 0.717) is 16.4 Å². The minimum Gasteiger partial charge on any atom is -0.371 e. The first-order valence-electron chi connectivity index (χ1n) is 7.92. The molecule has 23 heavy (non-hydrogen) atoms. The molecule has 1 aromatic carbocycles. The van der Waals surface area contributed by atoms with Crippen LogP contribution in [0.25, 0.3) is 0 Å². The second-order valence-corrected chi connectivity index (χ2v) is 5.73. The molecule has 0 aliphatic rings. The van der Waals surface area contributed by atoms with Crippen LogP contribution in [0.15, 0.2) is 42.6 Å². The number of hydrogen-bond acceptors (Lipinski definition) is 3. The van der Waals surface area contributed by atoms with Gasteiger partial charge < -0.3 is 10.2 Å². The van der Waals surface area contributed by atoms with Crippen molar-refractivity contribution in [2.75, 3.05) is 23.3 Å². The Kier molecular flexibility index (Phi) is 6.41. The Morgan fingerprint density at radius 3 is 2.52 bits per heavy atom. The highest BCUT2D eigenvalue weighted by atomic mass is 35.5. The number of nitrogens with one attached hydrogen (secondary N) is 1. The third kappa shape index (κ3) is 4.70. The standard InChI is InChI=1S/C18H22ClN3O/c1-3-11-22(12-4-2)14-9-10-20-17(13-14)18(23)21-16-8-6-5-7-15(16)19/h5-10,13H,3-4,11-12H2,1-2H3,(H,21,23). The number of pyridine rings is 1. The summed E-state index contributed by atoms with van der Waals surface area (Å²) < 4.78 is 0. The number of hydrogen-bond donors (Lipinski definition) is 1. The molecule has 1 aromatic heterocycles. The molecule has 0 radical (unpaired) electrons. The van der Waals surface area contributed by atoms with Crippen molar-refractivity contribution < 1.29 is 4.79 Å². The van der Waals surface area contributed by atoms with Crippen LogP contribution in [0.4, 0.5) is 11.4 Å². The lowest BCUT2D eigenvalue weighted by atomic mass is 10.2. The van der Waals surface area contributed by atoms with Crippen molar-refractivity contribution in [2.45, 2.75) is 26.7 Å². The fourth-order valence-electron chi connectivity index (χ4n) is 2.40. The van der Waals surface area contributed by atoms with Gasteiger partial charge in [-0.25, -0.2) is 0 Å². The lowest BCUT2D eigenvalue weighted by Gasteiger charge is -2.23. The molecule has 2 aromatic rings. The number of carbonyl (C=O) groups is 1. The average molecular weight is 332 g/mol. The van der Waals surface area contributed by atoms with E-state index in [0.717, 1.165) is 31.6 Å². The summed E-state index contributed by atoms with van der Waals surface area (Å²) in [4.78, 5) is 18.9. The van der Waals surface area contributed by atoms with E-state index in [1.165, 1.54) is 0 Å². The number of amides is 1. The van der Waals surface area contributed by atoms with Gasteiger partial charge in [-0.05, 0) is 37.1 Å². The fourth-order valence-corrected chi connectivity index (χ4v) is 2.58. The van der Waals surface area contributed by atoms with Crippen LogP contribution in [0.5, 0.6) is 0 Å². The van der Waals surface area contributed by atoms with Crippen LogP contribution in [0.3, 0.4) is 0 Å². The highest BCUT2D eigenvalue weighted by molar-refractivity contribution is 6.33. The Morgan fingerprint density at radius 1 is 1.17 bits per heavy atom. The van der Waals surface area contributed by atoms with E-state index in [1.54, 1.807) is 18.3 Å². The van der Waals surface area contributed by atoms with Gasteiger partial charge in [0.2, 0.25) is 0 Å². The molecule has 2 rings (SSSR count). The van der Waals surface area contributed by atoms with Crippen LogP contribution < -0.4 is 10.2 Å². The van der Waals surface area contributed by atoms with Gasteiger partial charge in [0.25, 0.3) is 5.91 Å². The highest BCUT2D eigenvalue weighted by Gasteiger charge is 2.12. The van der Waals surface area contributed by atoms with E-state index in [-0.39, 0.29) is 5.91 Å². The Hall–Kier alpha value is -2.07. The smallest absolute Gasteiger partial charge is 0.274 e. The number of anilines is 2. The molecule has 0 bridgehead atoms. The Bertz CT molecular complexity index is 654. The molecule has 0 aliphatic heterocycles. The first-order chi connectivity index (χ1) is 11.2. The number of aromatic nitrogens is 1. The van der Waals surface area contributed by atoms with E-state index in [9.17, 15) is 4.79 Å². The van der Waals surface area contributed by atoms with Crippen molar-refractivity contribution in [1.82, 2.24) is 4.98 Å². The minimum atomic E-state index is -0.257. The summed E-state index contributed by atoms with van der Waals surface area (Å²) in [5, 5.41) is 3.31. The van der Waals surface area contributed by atoms with Gasteiger partial charge >= 0.3 is 0 Å². The first kappa shape index (κ1) is 17.3. The highest BCUT2D eigenvalue weighted by Crippen LogP contribution is 2.22. The van der Waals surface area contributed by atoms with Crippen molar-refractivity contribution in [3.63, 3.8) is 0 Å². The lowest BCUT2D eigenvalue weighted by Crippen LogP contribution is -2.25. The van der Waals surface area contributed by atoms with Gasteiger partial charge in [-0.1, -0.05) is 37.6 Å². The van der Waals surface area contributed by atoms with Crippen LogP contribution in [-0.4, -0.2) is 24.0 Å². The molecule has 0 aliphatic carbocycles. The predicted molar refractivity (Wildman–Crippen MR) is 96.4 cm³/mol. The molecule has 0 saturated carbocycles. The van der Waals surface area contributed by atoms with Crippen LogP contribution in [-0.2, 0) is 0 Å². The van der Waals surface area contributed by atoms with E-state index < -0.39 is 0 Å². The molecule has 1 heterocycles. The number of rotatable bonds is 7. The first-order valence-corrected chi connectivity index (χ1v) is 8.30. The molecule has 122 valence electrons. The summed E-state index contributed by atoms with van der Waals surface area (Å²) in [5.74, 6) is -0.257. The molecule has 1 N–H and O–H groups in total. The van der Waals surface area contributed by atoms with Gasteiger partial charge in [0.05, 0.1) is 10.7 Å². The minimum absolute atomic E-state index is 0.257. The monoisotopic (exact) mass is 331 g/mol. The number of carbonyl (C=O) groups excluding carboxylic acids is 1. The van der Waals surface area contributed by atoms with Crippen LogP contribution in [0, 0.1) is 0 Å². The fraction of sp³-hybridized carbons (Fsp3) is 0.333. The van der Waals surface area contributed by atoms with Crippen LogP contribution in [0.1, 0.15) is 37.2 Å². The third-order valence-electron chi connectivity index (χ3n) is 3.45. The van der Waals surface area contributed by atoms with E-state index in [1.807, 2.05) is 24.3 Å². The average Bonchev–Trinajstić information content (AvgIpc) is 2.57. The molecule has 5 heteroatoms. The van der Waals surface area contributed by atoms with E-state index in [2.05, 4.69) is 29.0 Å². The summed E-state index contributed by atoms with van der Waals surface area (Å²) in [7, 11) is 0. The molecular formula is C18H22ClN3O. The molecule has 0 unspecified atom stereocenters. The Morgan fingerprint density at radius 2 is 1.87 bits per heavy atom. The largest absolute Gasteiger partial charge is 0.371 e. The van der Waals surface area contributed by atoms with Gasteiger partial charge in [-0.3, -0.25) is 9.78 Å². The molecule has 1 amide bonds. The SMILES string of the molecule is CCCN(CCC)c1ccnc(C(=O)Nc2ccccc2Cl)c1. The van der Waals surface area contributed by atoms with Crippen LogP contribution >= 0.6 is 11.6 Å². The zero-order valence-corrected chi connectivity index (χ0v) is 14.3. The third-order valence-corrected chi connectivity index (χ3v) is 3.78. The maximum Gasteiger partial charge on any atom is 0.274 e. The Labute approximate surface area is 142 Å². The van der Waals surface area contributed by atoms with E-state index in [4.69, 9.17) is 11.6 Å². The molecule has 4 nitrogen and oxygen atoms in total. The molecule has 0 saturated heterocycles. The molecule has 0 fully saturated rings. The van der Waals surface area contributed by atoms with Gasteiger partial charge in [-0.15, -0.1) is 0 Å². The quantitative estimate of drug-likeness (QED) is 0.805. The second-order valence-electron chi connectivity index (χ2n) is 5.32. The second kappa shape index (κ2) is 8.53. The maximum absolute atomic E-state index is 12.4. The van der Waals surface area contributed by atoms with Crippen molar-refractivity contribution in [3.05, 3.63) is 53.3 Å². The Balaban J connectivity index is 2.18. The van der Waals surface area contributed by atoms with Crippen molar-refractivity contribution in [3.8, 4) is 0 Å². The summed E-state index contributed by atoms with van der Waals surface area (Å²) >= 11 is 6.08. The normalized spacial score (nSPS) is 10.4. The topological polar surface area (TPSA) is 45.2 Å². The summed E-state index contributed by atoms with van der Waals surface area (Å²) in [5.41, 5.74) is 2.00. The zero-order chi connectivity index (χ0) is 16.7. The number of benzene rings is 1. The maximum atomic E-state index is 12.4. The van der Waals surface area contributed by atoms with E-state index >= 15 is 0 Å². The van der Waals surface area contributed by atoms with Gasteiger partial charge in [0, 0.05) is 25.0 Å².